The Morgan fingerprint density at radius 2 is 0.977 bits per heavy atom. The molecular formula is C40H26N4. The average molecular weight is 563 g/mol. The molecule has 0 aliphatic rings. The maximum absolute atomic E-state index is 5.13. The van der Waals surface area contributed by atoms with Crippen molar-refractivity contribution < 1.29 is 0 Å². The van der Waals surface area contributed by atoms with E-state index in [1.54, 1.807) is 0 Å². The fourth-order valence-electron chi connectivity index (χ4n) is 6.64. The van der Waals surface area contributed by atoms with Crippen LogP contribution in [0.2, 0.25) is 0 Å². The van der Waals surface area contributed by atoms with E-state index in [1.165, 1.54) is 22.3 Å². The Hall–Kier alpha value is -6.00. The summed E-state index contributed by atoms with van der Waals surface area (Å²) >= 11 is 0. The van der Waals surface area contributed by atoms with Gasteiger partial charge in [-0.3, -0.25) is 9.97 Å². The summed E-state index contributed by atoms with van der Waals surface area (Å²) in [6, 6.07) is 51.5. The first-order valence-electron chi connectivity index (χ1n) is 14.8. The molecule has 0 aliphatic heterocycles. The highest BCUT2D eigenvalue weighted by Crippen LogP contribution is 2.41. The molecule has 4 heteroatoms. The first-order chi connectivity index (χ1) is 21.8. The zero-order chi connectivity index (χ0) is 29.0. The third kappa shape index (κ3) is 3.71. The molecule has 0 radical (unpaired) electrons. The van der Waals surface area contributed by atoms with Gasteiger partial charge in [0.1, 0.15) is 0 Å². The molecule has 4 aromatic heterocycles. The molecule has 5 aromatic carbocycles. The zero-order valence-electron chi connectivity index (χ0n) is 23.8. The molecule has 0 saturated heterocycles. The van der Waals surface area contributed by atoms with Gasteiger partial charge >= 0.3 is 0 Å². The zero-order valence-corrected chi connectivity index (χ0v) is 23.8. The van der Waals surface area contributed by atoms with Crippen molar-refractivity contribution in [2.75, 3.05) is 0 Å². The fraction of sp³-hybridized carbons (Fsp3) is 0. The van der Waals surface area contributed by atoms with Gasteiger partial charge in [-0.05, 0) is 70.8 Å². The van der Waals surface area contributed by atoms with E-state index >= 15 is 0 Å². The van der Waals surface area contributed by atoms with Gasteiger partial charge in [0.2, 0.25) is 0 Å². The largest absolute Gasteiger partial charge is 0.306 e. The van der Waals surface area contributed by atoms with Crippen molar-refractivity contribution in [3.63, 3.8) is 0 Å². The van der Waals surface area contributed by atoms with Crippen LogP contribution in [0.1, 0.15) is 0 Å². The van der Waals surface area contributed by atoms with Crippen molar-refractivity contribution in [3.8, 4) is 33.6 Å². The van der Waals surface area contributed by atoms with E-state index in [1.807, 2.05) is 18.5 Å². The van der Waals surface area contributed by atoms with E-state index in [0.29, 0.717) is 0 Å². The minimum atomic E-state index is 0.945. The van der Waals surface area contributed by atoms with E-state index in [-0.39, 0.29) is 0 Å². The van der Waals surface area contributed by atoms with Gasteiger partial charge in [0, 0.05) is 34.5 Å². The first-order valence-corrected chi connectivity index (χ1v) is 14.8. The van der Waals surface area contributed by atoms with Crippen LogP contribution in [-0.2, 0) is 0 Å². The number of nitrogens with zero attached hydrogens (tertiary/aromatic N) is 4. The maximum Gasteiger partial charge on any atom is 0.0985 e. The number of pyridine rings is 2. The van der Waals surface area contributed by atoms with Crippen LogP contribution in [0.15, 0.2) is 158 Å². The second-order valence-corrected chi connectivity index (χ2v) is 11.1. The SMILES string of the molecule is c1ccc(-c2cc(-c3ccccc3)cc(-n3c4ccccc4c4ncc5c6ncccc6n(-c6ccccc6)c5c43)c2)cc1. The van der Waals surface area contributed by atoms with Crippen LogP contribution in [0.5, 0.6) is 0 Å². The second-order valence-electron chi connectivity index (χ2n) is 11.1. The van der Waals surface area contributed by atoms with Gasteiger partial charge in [-0.25, -0.2) is 0 Å². The molecule has 4 nitrogen and oxygen atoms in total. The lowest BCUT2D eigenvalue weighted by Crippen LogP contribution is -2.00. The van der Waals surface area contributed by atoms with E-state index in [4.69, 9.17) is 9.97 Å². The van der Waals surface area contributed by atoms with Crippen LogP contribution >= 0.6 is 0 Å². The number of rotatable bonds is 4. The maximum atomic E-state index is 5.13. The van der Waals surface area contributed by atoms with Gasteiger partial charge in [0.15, 0.2) is 0 Å². The number of para-hydroxylation sites is 2. The molecule has 44 heavy (non-hydrogen) atoms. The van der Waals surface area contributed by atoms with Crippen molar-refractivity contribution >= 4 is 43.9 Å². The molecule has 0 N–H and O–H groups in total. The topological polar surface area (TPSA) is 35.6 Å². The van der Waals surface area contributed by atoms with Crippen LogP contribution in [0.4, 0.5) is 0 Å². The molecular weight excluding hydrogens is 536 g/mol. The third-order valence-electron chi connectivity index (χ3n) is 8.56. The molecule has 0 fully saturated rings. The standard InChI is InChI=1S/C40H26N4/c1-4-13-27(14-5-1)29-23-30(28-15-6-2-7-16-28)25-32(24-29)44-35-20-11-10-19-33(35)38-40(44)39-34(26-42-38)37-36(21-12-22-41-37)43(39)31-17-8-3-9-18-31/h1-26H. The smallest absolute Gasteiger partial charge is 0.0985 e. The lowest BCUT2D eigenvalue weighted by molar-refractivity contribution is 1.14. The number of hydrogen-bond acceptors (Lipinski definition) is 2. The summed E-state index contributed by atoms with van der Waals surface area (Å²) in [5.74, 6) is 0. The molecule has 0 saturated carbocycles. The lowest BCUT2D eigenvalue weighted by atomic mass is 9.98. The van der Waals surface area contributed by atoms with Crippen LogP contribution < -0.4 is 0 Å². The highest BCUT2D eigenvalue weighted by atomic mass is 15.1. The molecule has 206 valence electrons. The Balaban J connectivity index is 1.48. The van der Waals surface area contributed by atoms with Crippen molar-refractivity contribution in [2.24, 2.45) is 0 Å². The lowest BCUT2D eigenvalue weighted by Gasteiger charge is -2.15. The number of aromatic nitrogens is 4. The summed E-state index contributed by atoms with van der Waals surface area (Å²) in [6.07, 6.45) is 3.87. The minimum absolute atomic E-state index is 0.945. The second kappa shape index (κ2) is 9.79. The quantitative estimate of drug-likeness (QED) is 0.214. The van der Waals surface area contributed by atoms with Crippen molar-refractivity contribution in [1.82, 2.24) is 19.1 Å². The van der Waals surface area contributed by atoms with Crippen LogP contribution in [0, 0.1) is 0 Å². The van der Waals surface area contributed by atoms with Gasteiger partial charge in [-0.1, -0.05) is 97.1 Å². The van der Waals surface area contributed by atoms with Crippen molar-refractivity contribution in [3.05, 3.63) is 158 Å². The van der Waals surface area contributed by atoms with Gasteiger partial charge in [0.25, 0.3) is 0 Å². The predicted octanol–water partition coefficient (Wildman–Crippen LogP) is 10.0. The number of benzene rings is 5. The van der Waals surface area contributed by atoms with Crippen LogP contribution in [0.25, 0.3) is 77.5 Å². The summed E-state index contributed by atoms with van der Waals surface area (Å²) in [7, 11) is 0. The predicted molar refractivity (Wildman–Crippen MR) is 182 cm³/mol. The molecule has 9 rings (SSSR count). The van der Waals surface area contributed by atoms with Crippen molar-refractivity contribution in [1.29, 1.82) is 0 Å². The summed E-state index contributed by atoms with van der Waals surface area (Å²) in [4.78, 5) is 9.98. The molecule has 4 heterocycles. The fourth-order valence-corrected chi connectivity index (χ4v) is 6.64. The van der Waals surface area contributed by atoms with Crippen molar-refractivity contribution in [2.45, 2.75) is 0 Å². The highest BCUT2D eigenvalue weighted by Gasteiger charge is 2.23. The Bertz CT molecular complexity index is 2420. The summed E-state index contributed by atoms with van der Waals surface area (Å²) in [6.45, 7) is 0. The monoisotopic (exact) mass is 562 g/mol. The minimum Gasteiger partial charge on any atom is -0.306 e. The van der Waals surface area contributed by atoms with Gasteiger partial charge in [-0.15, -0.1) is 0 Å². The number of fused-ring (bicyclic) bond motifs is 7. The Morgan fingerprint density at radius 1 is 0.386 bits per heavy atom. The third-order valence-corrected chi connectivity index (χ3v) is 8.56. The van der Waals surface area contributed by atoms with Gasteiger partial charge in [0.05, 0.1) is 33.1 Å². The number of hydrogen-bond donors (Lipinski definition) is 0. The van der Waals surface area contributed by atoms with Gasteiger partial charge < -0.3 is 9.13 Å². The summed E-state index contributed by atoms with van der Waals surface area (Å²) in [5, 5.41) is 2.15. The average Bonchev–Trinajstić information content (AvgIpc) is 3.62. The molecule has 0 spiro atoms. The summed E-state index contributed by atoms with van der Waals surface area (Å²) < 4.78 is 4.74. The molecule has 0 atom stereocenters. The first kappa shape index (κ1) is 24.6. The van der Waals surface area contributed by atoms with Gasteiger partial charge in [-0.2, -0.15) is 0 Å². The molecule has 0 unspecified atom stereocenters. The van der Waals surface area contributed by atoms with Crippen LogP contribution in [0.3, 0.4) is 0 Å². The summed E-state index contributed by atoms with van der Waals surface area (Å²) in [5.41, 5.74) is 13.1. The Kier molecular flexibility index (Phi) is 5.47. The molecule has 9 aromatic rings. The van der Waals surface area contributed by atoms with Crippen LogP contribution in [-0.4, -0.2) is 19.1 Å². The highest BCUT2D eigenvalue weighted by molar-refractivity contribution is 6.21. The van der Waals surface area contributed by atoms with E-state index in [2.05, 4.69) is 149 Å². The Morgan fingerprint density at radius 3 is 1.68 bits per heavy atom. The molecule has 0 aliphatic carbocycles. The Labute approximate surface area is 254 Å². The molecule has 0 bridgehead atoms. The van der Waals surface area contributed by atoms with E-state index < -0.39 is 0 Å². The van der Waals surface area contributed by atoms with E-state index in [0.717, 1.165) is 55.2 Å². The normalized spacial score (nSPS) is 11.6. The molecule has 0 amide bonds. The van der Waals surface area contributed by atoms with E-state index in [9.17, 15) is 0 Å².